The molecule has 0 aliphatic rings. The topological polar surface area (TPSA) is 22.1 Å². The first-order valence-corrected chi connectivity index (χ1v) is 6.12. The van der Waals surface area contributed by atoms with Crippen molar-refractivity contribution in [3.05, 3.63) is 52.1 Å². The van der Waals surface area contributed by atoms with Gasteiger partial charge in [-0.2, -0.15) is 0 Å². The van der Waals surface area contributed by atoms with E-state index < -0.39 is 0 Å². The monoisotopic (exact) mass is 287 g/mol. The van der Waals surface area contributed by atoms with Crippen LogP contribution in [-0.4, -0.2) is 4.98 Å². The Kier molecular flexibility index (Phi) is 4.11. The highest BCUT2D eigenvalue weighted by Crippen LogP contribution is 2.32. The van der Waals surface area contributed by atoms with Crippen LogP contribution in [-0.2, 0) is 5.88 Å². The van der Waals surface area contributed by atoms with E-state index in [4.69, 9.17) is 39.5 Å². The molecule has 0 N–H and O–H groups in total. The van der Waals surface area contributed by atoms with Crippen molar-refractivity contribution in [3.8, 4) is 11.6 Å². The van der Waals surface area contributed by atoms with E-state index in [1.807, 2.05) is 12.1 Å². The van der Waals surface area contributed by atoms with Gasteiger partial charge in [-0.25, -0.2) is 4.98 Å². The Bertz CT molecular complexity index is 531. The van der Waals surface area contributed by atoms with Crippen molar-refractivity contribution in [1.29, 1.82) is 0 Å². The van der Waals surface area contributed by atoms with E-state index in [0.29, 0.717) is 27.6 Å². The van der Waals surface area contributed by atoms with Crippen molar-refractivity contribution in [2.45, 2.75) is 5.88 Å². The van der Waals surface area contributed by atoms with E-state index >= 15 is 0 Å². The second-order valence-electron chi connectivity index (χ2n) is 3.30. The third-order valence-electron chi connectivity index (χ3n) is 2.06. The molecule has 5 heteroatoms. The van der Waals surface area contributed by atoms with Crippen molar-refractivity contribution < 1.29 is 4.74 Å². The van der Waals surface area contributed by atoms with Crippen LogP contribution in [0.3, 0.4) is 0 Å². The van der Waals surface area contributed by atoms with Gasteiger partial charge < -0.3 is 4.74 Å². The minimum atomic E-state index is 0.314. The van der Waals surface area contributed by atoms with Crippen LogP contribution in [0.1, 0.15) is 5.56 Å². The van der Waals surface area contributed by atoms with Crippen molar-refractivity contribution in [2.75, 3.05) is 0 Å². The Morgan fingerprint density at radius 3 is 2.53 bits per heavy atom. The number of hydrogen-bond acceptors (Lipinski definition) is 2. The van der Waals surface area contributed by atoms with Crippen molar-refractivity contribution in [3.63, 3.8) is 0 Å². The fraction of sp³-hybridized carbons (Fsp3) is 0.0833. The van der Waals surface area contributed by atoms with Gasteiger partial charge in [0, 0.05) is 12.1 Å². The molecule has 1 aromatic carbocycles. The number of pyridine rings is 1. The number of aromatic nitrogens is 1. The van der Waals surface area contributed by atoms with E-state index in [1.54, 1.807) is 24.4 Å². The smallest absolute Gasteiger partial charge is 0.238 e. The van der Waals surface area contributed by atoms with Gasteiger partial charge in [0.1, 0.15) is 10.8 Å². The highest BCUT2D eigenvalue weighted by molar-refractivity contribution is 6.32. The summed E-state index contributed by atoms with van der Waals surface area (Å²) in [5.41, 5.74) is 0.836. The van der Waals surface area contributed by atoms with Crippen LogP contribution in [0, 0.1) is 0 Å². The molecule has 0 aliphatic carbocycles. The van der Waals surface area contributed by atoms with Gasteiger partial charge in [0.25, 0.3) is 0 Å². The van der Waals surface area contributed by atoms with Gasteiger partial charge in [-0.1, -0.05) is 35.3 Å². The summed E-state index contributed by atoms with van der Waals surface area (Å²) in [6, 6.07) is 8.84. The maximum Gasteiger partial charge on any atom is 0.238 e. The van der Waals surface area contributed by atoms with Crippen LogP contribution in [0.5, 0.6) is 11.6 Å². The van der Waals surface area contributed by atoms with Crippen molar-refractivity contribution >= 4 is 34.8 Å². The van der Waals surface area contributed by atoms with Gasteiger partial charge in [-0.05, 0) is 23.8 Å². The molecule has 2 nitrogen and oxygen atoms in total. The van der Waals surface area contributed by atoms with Gasteiger partial charge in [0.2, 0.25) is 5.88 Å². The van der Waals surface area contributed by atoms with Crippen LogP contribution in [0.15, 0.2) is 36.5 Å². The zero-order chi connectivity index (χ0) is 12.3. The molecule has 0 spiro atoms. The van der Waals surface area contributed by atoms with Gasteiger partial charge in [0.05, 0.1) is 5.02 Å². The molecule has 17 heavy (non-hydrogen) atoms. The van der Waals surface area contributed by atoms with E-state index in [1.165, 1.54) is 0 Å². The molecule has 0 bridgehead atoms. The first kappa shape index (κ1) is 12.5. The quantitative estimate of drug-likeness (QED) is 0.748. The fourth-order valence-corrected chi connectivity index (χ4v) is 1.79. The number of nitrogens with zero attached hydrogens (tertiary/aromatic N) is 1. The van der Waals surface area contributed by atoms with E-state index in [0.717, 1.165) is 5.56 Å². The molecule has 0 amide bonds. The maximum atomic E-state index is 6.02. The predicted octanol–water partition coefficient (Wildman–Crippen LogP) is 4.92. The summed E-state index contributed by atoms with van der Waals surface area (Å²) >= 11 is 17.7. The molecule has 0 aliphatic heterocycles. The van der Waals surface area contributed by atoms with E-state index in [-0.39, 0.29) is 0 Å². The number of ether oxygens (including phenoxy) is 1. The van der Waals surface area contributed by atoms with Crippen molar-refractivity contribution in [1.82, 2.24) is 4.98 Å². The molecule has 2 aromatic rings. The van der Waals surface area contributed by atoms with Crippen LogP contribution in [0.25, 0.3) is 0 Å². The highest BCUT2D eigenvalue weighted by atomic mass is 35.5. The van der Waals surface area contributed by atoms with Crippen LogP contribution in [0.4, 0.5) is 0 Å². The third-order valence-corrected chi connectivity index (χ3v) is 2.95. The lowest BCUT2D eigenvalue weighted by Gasteiger charge is -2.08. The average molecular weight is 289 g/mol. The third kappa shape index (κ3) is 3.03. The molecule has 0 radical (unpaired) electrons. The summed E-state index contributed by atoms with van der Waals surface area (Å²) in [5, 5.41) is 0.912. The summed E-state index contributed by atoms with van der Waals surface area (Å²) in [4.78, 5) is 4.09. The minimum Gasteiger partial charge on any atom is -0.436 e. The SMILES string of the molecule is ClCc1cnc(Oc2ccccc2Cl)c(Cl)c1. The molecular weight excluding hydrogens is 280 g/mol. The van der Waals surface area contributed by atoms with Gasteiger partial charge >= 0.3 is 0 Å². The highest BCUT2D eigenvalue weighted by Gasteiger charge is 2.08. The molecule has 1 heterocycles. The second kappa shape index (κ2) is 5.58. The molecule has 88 valence electrons. The number of hydrogen-bond donors (Lipinski definition) is 0. The summed E-state index contributed by atoms with van der Waals surface area (Å²) in [7, 11) is 0. The maximum absolute atomic E-state index is 6.02. The molecular formula is C12H8Cl3NO. The zero-order valence-corrected chi connectivity index (χ0v) is 10.9. The first-order chi connectivity index (χ1) is 8.20. The van der Waals surface area contributed by atoms with Gasteiger partial charge in [-0.15, -0.1) is 11.6 Å². The lowest BCUT2D eigenvalue weighted by Crippen LogP contribution is -1.91. The Balaban J connectivity index is 2.28. The standard InChI is InChI=1S/C12H8Cl3NO/c13-6-8-5-10(15)12(16-7-8)17-11-4-2-1-3-9(11)14/h1-5,7H,6H2. The van der Waals surface area contributed by atoms with E-state index in [9.17, 15) is 0 Å². The molecule has 0 unspecified atom stereocenters. The molecule has 0 atom stereocenters. The van der Waals surface area contributed by atoms with E-state index in [2.05, 4.69) is 4.98 Å². The number of benzene rings is 1. The Morgan fingerprint density at radius 1 is 1.12 bits per heavy atom. The predicted molar refractivity (Wildman–Crippen MR) is 70.3 cm³/mol. The normalized spacial score (nSPS) is 10.3. The van der Waals surface area contributed by atoms with Crippen LogP contribution < -0.4 is 4.74 Å². The molecule has 0 fully saturated rings. The molecule has 2 rings (SSSR count). The van der Waals surface area contributed by atoms with Gasteiger partial charge in [-0.3, -0.25) is 0 Å². The molecule has 0 saturated carbocycles. The first-order valence-electron chi connectivity index (χ1n) is 4.83. The largest absolute Gasteiger partial charge is 0.436 e. The summed E-state index contributed by atoms with van der Waals surface area (Å²) in [6.07, 6.45) is 1.62. The van der Waals surface area contributed by atoms with Crippen LogP contribution in [0.2, 0.25) is 10.0 Å². The minimum absolute atomic E-state index is 0.314. The summed E-state index contributed by atoms with van der Waals surface area (Å²) < 4.78 is 5.52. The zero-order valence-electron chi connectivity index (χ0n) is 8.66. The second-order valence-corrected chi connectivity index (χ2v) is 4.38. The lowest BCUT2D eigenvalue weighted by molar-refractivity contribution is 0.463. The van der Waals surface area contributed by atoms with Crippen molar-refractivity contribution in [2.24, 2.45) is 0 Å². The molecule has 1 aromatic heterocycles. The lowest BCUT2D eigenvalue weighted by atomic mass is 10.3. The van der Waals surface area contributed by atoms with Crippen LogP contribution >= 0.6 is 34.8 Å². The number of alkyl halides is 1. The average Bonchev–Trinajstić information content (AvgIpc) is 2.34. The summed E-state index contributed by atoms with van der Waals surface area (Å²) in [6.45, 7) is 0. The van der Waals surface area contributed by atoms with Gasteiger partial charge in [0.15, 0.2) is 0 Å². The Hall–Kier alpha value is -0.960. The number of para-hydroxylation sites is 1. The summed E-state index contributed by atoms with van der Waals surface area (Å²) in [5.74, 6) is 1.19. The molecule has 0 saturated heterocycles. The Morgan fingerprint density at radius 2 is 1.88 bits per heavy atom. The number of rotatable bonds is 3. The number of halogens is 3. The Labute approximate surface area is 114 Å². The fourth-order valence-electron chi connectivity index (χ4n) is 1.24.